The summed E-state index contributed by atoms with van der Waals surface area (Å²) in [6.07, 6.45) is 0.0213. The van der Waals surface area contributed by atoms with E-state index < -0.39 is 34.6 Å². The first-order valence-electron chi connectivity index (χ1n) is 12.9. The summed E-state index contributed by atoms with van der Waals surface area (Å²) in [6.45, 7) is 4.23. The van der Waals surface area contributed by atoms with E-state index in [-0.39, 0.29) is 34.5 Å². The number of aromatic nitrogens is 1. The van der Waals surface area contributed by atoms with Gasteiger partial charge >= 0.3 is 0 Å². The molecule has 1 aliphatic rings. The lowest BCUT2D eigenvalue weighted by Crippen LogP contribution is -2.56. The third kappa shape index (κ3) is 6.32. The number of primary amides is 1. The minimum absolute atomic E-state index is 0.00544. The van der Waals surface area contributed by atoms with Crippen molar-refractivity contribution in [2.24, 2.45) is 5.73 Å². The predicted octanol–water partition coefficient (Wildman–Crippen LogP) is 3.86. The molecule has 0 saturated carbocycles. The number of carbonyl (C=O) groups is 3. The second-order valence-corrected chi connectivity index (χ2v) is 12.4. The number of carbonyl (C=O) groups excluding carboxylic acids is 3. The number of halogens is 1. The number of rotatable bonds is 9. The molecule has 3 amide bonds. The Kier molecular flexibility index (Phi) is 9.18. The molecule has 3 atom stereocenters. The van der Waals surface area contributed by atoms with Gasteiger partial charge < -0.3 is 20.6 Å². The zero-order chi connectivity index (χ0) is 29.0. The van der Waals surface area contributed by atoms with Crippen LogP contribution in [0.2, 0.25) is 5.02 Å². The van der Waals surface area contributed by atoms with E-state index in [1.165, 1.54) is 28.9 Å². The van der Waals surface area contributed by atoms with Crippen LogP contribution < -0.4 is 5.73 Å². The summed E-state index contributed by atoms with van der Waals surface area (Å²) in [5.41, 5.74) is 7.56. The van der Waals surface area contributed by atoms with Gasteiger partial charge in [0.25, 0.3) is 5.91 Å². The molecule has 2 heterocycles. The Morgan fingerprint density at radius 3 is 2.30 bits per heavy atom. The first-order chi connectivity index (χ1) is 19.0. The number of benzene rings is 2. The quantitative estimate of drug-likeness (QED) is 0.397. The van der Waals surface area contributed by atoms with E-state index in [0.717, 1.165) is 11.1 Å². The first kappa shape index (κ1) is 29.6. The average molecular weight is 581 g/mol. The van der Waals surface area contributed by atoms with Crippen LogP contribution in [0.15, 0.2) is 72.9 Å². The van der Waals surface area contributed by atoms with Crippen LogP contribution in [-0.4, -0.2) is 67.4 Å². The molecule has 0 aliphatic carbocycles. The minimum Gasteiger partial charge on any atom is -0.383 e. The summed E-state index contributed by atoms with van der Waals surface area (Å²) in [7, 11) is 1.71. The summed E-state index contributed by atoms with van der Waals surface area (Å²) in [5.74, 6) is -2.22. The summed E-state index contributed by atoms with van der Waals surface area (Å²) >= 11 is 8.03. The Morgan fingerprint density at radius 1 is 1.10 bits per heavy atom. The highest BCUT2D eigenvalue weighted by Crippen LogP contribution is 2.41. The minimum atomic E-state index is -1.59. The summed E-state index contributed by atoms with van der Waals surface area (Å²) in [4.78, 5) is 47.1. The van der Waals surface area contributed by atoms with Crippen molar-refractivity contribution in [1.29, 1.82) is 0 Å². The number of aliphatic hydroxyl groups is 1. The maximum Gasteiger partial charge on any atom is 0.253 e. The SMILES string of the molecule is CN(Cc1ccccc1)C(=O)C1N(C(=O)[C@@H](O)[C@@H](Cc2ccccc2)c2nccc(C(N)=O)c2Cl)CSC1(C)C. The Bertz CT molecular complexity index is 1370. The Morgan fingerprint density at radius 2 is 1.70 bits per heavy atom. The molecule has 3 N–H and O–H groups in total. The van der Waals surface area contributed by atoms with Crippen LogP contribution in [-0.2, 0) is 22.6 Å². The molecule has 40 heavy (non-hydrogen) atoms. The maximum absolute atomic E-state index is 14.0. The second kappa shape index (κ2) is 12.4. The fourth-order valence-electron chi connectivity index (χ4n) is 5.01. The molecule has 1 aliphatic heterocycles. The van der Waals surface area contributed by atoms with E-state index in [1.807, 2.05) is 74.5 Å². The average Bonchev–Trinajstić information content (AvgIpc) is 3.26. The number of thioether (sulfide) groups is 1. The van der Waals surface area contributed by atoms with Crippen molar-refractivity contribution in [2.45, 2.75) is 49.6 Å². The van der Waals surface area contributed by atoms with Gasteiger partial charge in [0.2, 0.25) is 11.8 Å². The molecule has 0 radical (unpaired) electrons. The smallest absolute Gasteiger partial charge is 0.253 e. The van der Waals surface area contributed by atoms with Gasteiger partial charge in [-0.2, -0.15) is 0 Å². The van der Waals surface area contributed by atoms with Crippen LogP contribution in [0.5, 0.6) is 0 Å². The van der Waals surface area contributed by atoms with Crippen LogP contribution in [0.1, 0.15) is 46.9 Å². The van der Waals surface area contributed by atoms with Crippen molar-refractivity contribution in [3.05, 3.63) is 100 Å². The highest BCUT2D eigenvalue weighted by atomic mass is 35.5. The van der Waals surface area contributed by atoms with Crippen LogP contribution in [0.4, 0.5) is 0 Å². The topological polar surface area (TPSA) is 117 Å². The van der Waals surface area contributed by atoms with Crippen molar-refractivity contribution in [3.8, 4) is 0 Å². The van der Waals surface area contributed by atoms with Gasteiger partial charge in [-0.05, 0) is 37.5 Å². The van der Waals surface area contributed by atoms with Gasteiger partial charge in [0, 0.05) is 30.5 Å². The normalized spacial score (nSPS) is 17.7. The number of likely N-dealkylation sites (N-methyl/N-ethyl adjacent to an activating group) is 1. The standard InChI is InChI=1S/C30H33ClN4O4S/c1-30(2)26(29(39)34(3)17-20-12-8-5-9-13-20)35(18-40-30)28(38)25(36)22(16-19-10-6-4-7-11-19)24-23(31)21(27(32)37)14-15-33-24/h4-15,22,25-26,36H,16-18H2,1-3H3,(H2,32,37)/t22-,25-,26?/m0/s1. The van der Waals surface area contributed by atoms with Gasteiger partial charge in [0.1, 0.15) is 12.1 Å². The molecule has 0 bridgehead atoms. The predicted molar refractivity (Wildman–Crippen MR) is 157 cm³/mol. The highest BCUT2D eigenvalue weighted by molar-refractivity contribution is 8.00. The molecular weight excluding hydrogens is 548 g/mol. The summed E-state index contributed by atoms with van der Waals surface area (Å²) in [6, 6.07) is 19.5. The number of aliphatic hydroxyl groups excluding tert-OH is 1. The Hall–Kier alpha value is -3.40. The number of hydrogen-bond acceptors (Lipinski definition) is 6. The Balaban J connectivity index is 1.66. The lowest BCUT2D eigenvalue weighted by atomic mass is 9.88. The van der Waals surface area contributed by atoms with Crippen LogP contribution >= 0.6 is 23.4 Å². The molecule has 0 spiro atoms. The molecule has 1 aromatic heterocycles. The van der Waals surface area contributed by atoms with Gasteiger partial charge in [0.15, 0.2) is 0 Å². The van der Waals surface area contributed by atoms with E-state index in [9.17, 15) is 19.5 Å². The van der Waals surface area contributed by atoms with Crippen molar-refractivity contribution in [1.82, 2.24) is 14.8 Å². The van der Waals surface area contributed by atoms with Crippen LogP contribution in [0.3, 0.4) is 0 Å². The number of hydrogen-bond donors (Lipinski definition) is 2. The molecule has 10 heteroatoms. The lowest BCUT2D eigenvalue weighted by Gasteiger charge is -2.35. The van der Waals surface area contributed by atoms with E-state index in [4.69, 9.17) is 17.3 Å². The lowest BCUT2D eigenvalue weighted by molar-refractivity contribution is -0.150. The zero-order valence-corrected chi connectivity index (χ0v) is 24.2. The van der Waals surface area contributed by atoms with Gasteiger partial charge in [-0.15, -0.1) is 11.8 Å². The largest absolute Gasteiger partial charge is 0.383 e. The van der Waals surface area contributed by atoms with Gasteiger partial charge in [-0.25, -0.2) is 0 Å². The molecule has 8 nitrogen and oxygen atoms in total. The number of amides is 3. The molecule has 1 saturated heterocycles. The molecule has 1 fully saturated rings. The molecule has 3 aromatic rings. The fourth-order valence-corrected chi connectivity index (χ4v) is 6.49. The summed E-state index contributed by atoms with van der Waals surface area (Å²) < 4.78 is -0.589. The van der Waals surface area contributed by atoms with Crippen LogP contribution in [0, 0.1) is 0 Å². The van der Waals surface area contributed by atoms with E-state index >= 15 is 0 Å². The molecule has 1 unspecified atom stereocenters. The van der Waals surface area contributed by atoms with Crippen molar-refractivity contribution in [2.75, 3.05) is 12.9 Å². The van der Waals surface area contributed by atoms with Crippen molar-refractivity contribution in [3.63, 3.8) is 0 Å². The molecule has 2 aromatic carbocycles. The maximum atomic E-state index is 14.0. The van der Waals surface area contributed by atoms with Crippen molar-refractivity contribution < 1.29 is 19.5 Å². The molecular formula is C30H33ClN4O4S. The number of nitrogens with zero attached hydrogens (tertiary/aromatic N) is 3. The number of pyridine rings is 1. The molecule has 4 rings (SSSR count). The third-order valence-corrected chi connectivity index (χ3v) is 8.94. The van der Waals surface area contributed by atoms with E-state index in [1.54, 1.807) is 11.9 Å². The van der Waals surface area contributed by atoms with Gasteiger partial charge in [-0.3, -0.25) is 19.4 Å². The first-order valence-corrected chi connectivity index (χ1v) is 14.3. The van der Waals surface area contributed by atoms with Crippen LogP contribution in [0.25, 0.3) is 0 Å². The van der Waals surface area contributed by atoms with Crippen molar-refractivity contribution >= 4 is 41.1 Å². The van der Waals surface area contributed by atoms with Gasteiger partial charge in [0.05, 0.1) is 22.2 Å². The van der Waals surface area contributed by atoms with Gasteiger partial charge in [-0.1, -0.05) is 72.3 Å². The Labute approximate surface area is 243 Å². The summed E-state index contributed by atoms with van der Waals surface area (Å²) in [5, 5.41) is 11.6. The monoisotopic (exact) mass is 580 g/mol. The third-order valence-electron chi connectivity index (χ3n) is 7.17. The van der Waals surface area contributed by atoms with E-state index in [2.05, 4.69) is 4.98 Å². The second-order valence-electron chi connectivity index (χ2n) is 10.4. The zero-order valence-electron chi connectivity index (χ0n) is 22.7. The molecule has 210 valence electrons. The van der Waals surface area contributed by atoms with E-state index in [0.29, 0.717) is 6.54 Å². The number of nitrogens with two attached hydrogens (primary N) is 1. The highest BCUT2D eigenvalue weighted by Gasteiger charge is 2.50. The fraction of sp³-hybridized carbons (Fsp3) is 0.333.